The zero-order valence-electron chi connectivity index (χ0n) is 18.2. The van der Waals surface area contributed by atoms with Gasteiger partial charge < -0.3 is 13.9 Å². The fourth-order valence-corrected chi connectivity index (χ4v) is 5.54. The van der Waals surface area contributed by atoms with Crippen molar-refractivity contribution in [1.82, 2.24) is 0 Å². The molecule has 2 aromatic carbocycles. The van der Waals surface area contributed by atoms with E-state index < -0.39 is 0 Å². The number of hydrogen-bond acceptors (Lipinski definition) is 5. The van der Waals surface area contributed by atoms with Crippen molar-refractivity contribution >= 4 is 67.9 Å². The Morgan fingerprint density at radius 1 is 1.03 bits per heavy atom. The number of unbranched alkanes of at least 4 members (excludes halogenated alkanes) is 1. The molecule has 0 bridgehead atoms. The van der Waals surface area contributed by atoms with Gasteiger partial charge in [-0.3, -0.25) is 9.59 Å². The van der Waals surface area contributed by atoms with Gasteiger partial charge in [0.25, 0.3) is 0 Å². The fourth-order valence-electron chi connectivity index (χ4n) is 3.46. The number of aryl methyl sites for hydroxylation is 1. The van der Waals surface area contributed by atoms with E-state index in [2.05, 4.69) is 52.1 Å². The summed E-state index contributed by atoms with van der Waals surface area (Å²) in [4.78, 5) is 25.0. The minimum atomic E-state index is -0.215. The summed E-state index contributed by atoms with van der Waals surface area (Å²) in [6, 6.07) is 11.4. The first-order valence-corrected chi connectivity index (χ1v) is 12.9. The van der Waals surface area contributed by atoms with Crippen LogP contribution in [0.4, 0.5) is 0 Å². The number of furan rings is 1. The average Bonchev–Trinajstić information content (AvgIpc) is 3.14. The van der Waals surface area contributed by atoms with Gasteiger partial charge in [0.2, 0.25) is 0 Å². The number of para-hydroxylation sites is 1. The third-order valence-corrected chi connectivity index (χ3v) is 6.59. The van der Waals surface area contributed by atoms with E-state index in [1.54, 1.807) is 6.92 Å². The molecule has 0 aliphatic heterocycles. The van der Waals surface area contributed by atoms with Crippen LogP contribution in [-0.2, 0) is 16.0 Å². The number of carbonyl (C=O) groups excluding carboxylic acids is 2. The molecule has 3 rings (SSSR count). The van der Waals surface area contributed by atoms with Crippen LogP contribution in [0, 0.1) is 7.14 Å². The lowest BCUT2D eigenvalue weighted by atomic mass is 9.98. The Labute approximate surface area is 215 Å². The summed E-state index contributed by atoms with van der Waals surface area (Å²) in [6.07, 6.45) is 3.64. The minimum Gasteiger partial charge on any atom is -0.491 e. The lowest BCUT2D eigenvalue weighted by molar-refractivity contribution is -0.143. The van der Waals surface area contributed by atoms with Crippen molar-refractivity contribution in [3.63, 3.8) is 0 Å². The zero-order chi connectivity index (χ0) is 23.1. The monoisotopic (exact) mass is 660 g/mol. The summed E-state index contributed by atoms with van der Waals surface area (Å²) < 4.78 is 18.6. The van der Waals surface area contributed by atoms with Gasteiger partial charge in [0.15, 0.2) is 5.78 Å². The van der Waals surface area contributed by atoms with Crippen molar-refractivity contribution in [1.29, 1.82) is 0 Å². The van der Waals surface area contributed by atoms with E-state index in [-0.39, 0.29) is 11.8 Å². The molecule has 170 valence electrons. The van der Waals surface area contributed by atoms with E-state index in [0.29, 0.717) is 37.2 Å². The summed E-state index contributed by atoms with van der Waals surface area (Å²) in [5.74, 6) is 1.23. The van der Waals surface area contributed by atoms with Crippen LogP contribution in [0.1, 0.15) is 61.2 Å². The Morgan fingerprint density at radius 3 is 2.44 bits per heavy atom. The first kappa shape index (κ1) is 25.0. The van der Waals surface area contributed by atoms with Gasteiger partial charge in [-0.15, -0.1) is 0 Å². The molecular formula is C25H26I2O5. The molecule has 1 heterocycles. The van der Waals surface area contributed by atoms with Crippen molar-refractivity contribution in [2.24, 2.45) is 0 Å². The van der Waals surface area contributed by atoms with Gasteiger partial charge in [0, 0.05) is 23.8 Å². The lowest BCUT2D eigenvalue weighted by Crippen LogP contribution is -2.09. The SMILES string of the molecule is CCCCc1oc2ccccc2c1C(=O)c1cc(I)c(OCCCC(=O)OCC)c(I)c1. The van der Waals surface area contributed by atoms with E-state index in [1.807, 2.05) is 36.4 Å². The van der Waals surface area contributed by atoms with E-state index in [9.17, 15) is 9.59 Å². The highest BCUT2D eigenvalue weighted by Gasteiger charge is 2.23. The maximum absolute atomic E-state index is 13.6. The molecule has 0 N–H and O–H groups in total. The van der Waals surface area contributed by atoms with Crippen LogP contribution in [0.3, 0.4) is 0 Å². The molecule has 0 aliphatic rings. The number of fused-ring (bicyclic) bond motifs is 1. The van der Waals surface area contributed by atoms with Gasteiger partial charge in [0.1, 0.15) is 17.1 Å². The quantitative estimate of drug-likeness (QED) is 0.0966. The Kier molecular flexibility index (Phi) is 9.39. The Balaban J connectivity index is 1.82. The Bertz CT molecular complexity index is 1080. The molecule has 3 aromatic rings. The van der Waals surface area contributed by atoms with Crippen molar-refractivity contribution < 1.29 is 23.5 Å². The summed E-state index contributed by atoms with van der Waals surface area (Å²) in [6.45, 7) is 4.71. The molecule has 0 spiro atoms. The number of carbonyl (C=O) groups is 2. The molecule has 0 radical (unpaired) electrons. The molecule has 0 aliphatic carbocycles. The first-order chi connectivity index (χ1) is 15.5. The van der Waals surface area contributed by atoms with Crippen LogP contribution in [0.25, 0.3) is 11.0 Å². The van der Waals surface area contributed by atoms with Crippen molar-refractivity contribution in [3.05, 3.63) is 60.4 Å². The fraction of sp³-hybridized carbons (Fsp3) is 0.360. The third-order valence-electron chi connectivity index (χ3n) is 4.99. The molecule has 0 saturated carbocycles. The minimum absolute atomic E-state index is 0.0363. The van der Waals surface area contributed by atoms with Crippen LogP contribution in [0.2, 0.25) is 0 Å². The van der Waals surface area contributed by atoms with Crippen molar-refractivity contribution in [2.45, 2.75) is 46.0 Å². The topological polar surface area (TPSA) is 65.7 Å². The molecule has 0 atom stereocenters. The van der Waals surface area contributed by atoms with Crippen molar-refractivity contribution in [2.75, 3.05) is 13.2 Å². The molecule has 0 fully saturated rings. The maximum atomic E-state index is 13.6. The van der Waals surface area contributed by atoms with E-state index >= 15 is 0 Å². The predicted octanol–water partition coefficient (Wildman–Crippen LogP) is 6.94. The van der Waals surface area contributed by atoms with Gasteiger partial charge in [-0.2, -0.15) is 0 Å². The number of ether oxygens (including phenoxy) is 2. The van der Waals surface area contributed by atoms with E-state index in [1.165, 1.54) is 0 Å². The number of hydrogen-bond donors (Lipinski definition) is 0. The summed E-state index contributed by atoms with van der Waals surface area (Å²) in [7, 11) is 0. The lowest BCUT2D eigenvalue weighted by Gasteiger charge is -2.12. The maximum Gasteiger partial charge on any atom is 0.305 e. The number of halogens is 2. The first-order valence-electron chi connectivity index (χ1n) is 10.8. The number of benzene rings is 2. The van der Waals surface area contributed by atoms with Gasteiger partial charge in [0.05, 0.1) is 25.9 Å². The molecule has 32 heavy (non-hydrogen) atoms. The molecule has 7 heteroatoms. The zero-order valence-corrected chi connectivity index (χ0v) is 22.5. The highest BCUT2D eigenvalue weighted by Crippen LogP contribution is 2.33. The molecule has 5 nitrogen and oxygen atoms in total. The third kappa shape index (κ3) is 6.03. The number of esters is 1. The number of rotatable bonds is 11. The van der Waals surface area contributed by atoms with E-state index in [4.69, 9.17) is 13.9 Å². The van der Waals surface area contributed by atoms with Crippen LogP contribution in [0.5, 0.6) is 5.75 Å². The van der Waals surface area contributed by atoms with E-state index in [0.717, 1.165) is 48.9 Å². The standard InChI is InChI=1S/C25H26I2O5/c1-3-5-10-21-23(17-9-6-7-11-20(17)32-21)24(29)16-14-18(26)25(19(27)15-16)31-13-8-12-22(28)30-4-2/h6-7,9,11,14-15H,3-5,8,10,12-13H2,1-2H3. The molecule has 0 saturated heterocycles. The van der Waals surface area contributed by atoms with Crippen molar-refractivity contribution in [3.8, 4) is 5.75 Å². The average molecular weight is 660 g/mol. The summed E-state index contributed by atoms with van der Waals surface area (Å²) >= 11 is 4.39. The van der Waals surface area contributed by atoms with Gasteiger partial charge >= 0.3 is 5.97 Å². The predicted molar refractivity (Wildman–Crippen MR) is 141 cm³/mol. The Hall–Kier alpha value is -1.62. The smallest absolute Gasteiger partial charge is 0.305 e. The van der Waals surface area contributed by atoms with Gasteiger partial charge in [-0.1, -0.05) is 31.5 Å². The second kappa shape index (κ2) is 12.0. The highest BCUT2D eigenvalue weighted by molar-refractivity contribution is 14.1. The summed E-state index contributed by atoms with van der Waals surface area (Å²) in [5, 5.41) is 0.855. The molecule has 0 amide bonds. The molecule has 1 aromatic heterocycles. The molecule has 0 unspecified atom stereocenters. The van der Waals surface area contributed by atoms with Crippen LogP contribution >= 0.6 is 45.2 Å². The second-order valence-electron chi connectivity index (χ2n) is 7.36. The second-order valence-corrected chi connectivity index (χ2v) is 9.68. The van der Waals surface area contributed by atoms with Crippen LogP contribution < -0.4 is 4.74 Å². The van der Waals surface area contributed by atoms with Crippen LogP contribution in [-0.4, -0.2) is 25.0 Å². The molecular weight excluding hydrogens is 634 g/mol. The highest BCUT2D eigenvalue weighted by atomic mass is 127. The van der Waals surface area contributed by atoms with Crippen LogP contribution in [0.15, 0.2) is 40.8 Å². The largest absolute Gasteiger partial charge is 0.491 e. The summed E-state index contributed by atoms with van der Waals surface area (Å²) in [5.41, 5.74) is 2.01. The van der Waals surface area contributed by atoms with Gasteiger partial charge in [-0.05, 0) is 83.1 Å². The number of ketones is 1. The van der Waals surface area contributed by atoms with Gasteiger partial charge in [-0.25, -0.2) is 0 Å². The Morgan fingerprint density at radius 2 is 1.75 bits per heavy atom. The normalized spacial score (nSPS) is 11.0.